The zero-order valence-electron chi connectivity index (χ0n) is 22.7. The van der Waals surface area contributed by atoms with Gasteiger partial charge in [0.1, 0.15) is 18.1 Å². The Morgan fingerprint density at radius 2 is 1.51 bits per heavy atom. The van der Waals surface area contributed by atoms with Crippen molar-refractivity contribution < 1.29 is 23.4 Å². The Hall–Kier alpha value is -1.99. The molecule has 0 aromatic heterocycles. The Balaban J connectivity index is 2.14. The molecule has 6 heteroatoms. The maximum Gasteiger partial charge on any atom is 0.193 e. The molecule has 0 fully saturated rings. The number of methoxy groups -OCH3 is 1. The van der Waals surface area contributed by atoms with Gasteiger partial charge in [0.15, 0.2) is 8.32 Å². The third kappa shape index (κ3) is 8.87. The number of carbonyl (C=O) groups excluding carboxylic acids is 1. The summed E-state index contributed by atoms with van der Waals surface area (Å²) in [6.45, 7) is 16.6. The first kappa shape index (κ1) is 29.2. The van der Waals surface area contributed by atoms with Gasteiger partial charge < -0.3 is 23.4 Å². The summed E-state index contributed by atoms with van der Waals surface area (Å²) in [5, 5.41) is 0.0117. The lowest BCUT2D eigenvalue weighted by Gasteiger charge is -2.41. The van der Waals surface area contributed by atoms with E-state index in [1.165, 1.54) is 0 Å². The average molecular weight is 501 g/mol. The number of benzene rings is 2. The molecule has 0 bridgehead atoms. The van der Waals surface area contributed by atoms with Crippen molar-refractivity contribution in [2.75, 3.05) is 13.7 Å². The van der Waals surface area contributed by atoms with Gasteiger partial charge in [-0.05, 0) is 41.4 Å². The minimum atomic E-state index is -2.13. The molecule has 0 aliphatic rings. The summed E-state index contributed by atoms with van der Waals surface area (Å²) >= 11 is 0. The smallest absolute Gasteiger partial charge is 0.193 e. The third-order valence-corrected chi connectivity index (χ3v) is 11.5. The van der Waals surface area contributed by atoms with Crippen LogP contribution in [-0.4, -0.2) is 40.5 Å². The highest BCUT2D eigenvalue weighted by Crippen LogP contribution is 2.38. The molecule has 0 saturated carbocycles. The molecule has 0 unspecified atom stereocenters. The molecule has 2 rings (SSSR count). The molecule has 2 aromatic carbocycles. The Labute approximate surface area is 213 Å². The van der Waals surface area contributed by atoms with Crippen molar-refractivity contribution in [3.05, 3.63) is 65.7 Å². The van der Waals surface area contributed by atoms with Crippen molar-refractivity contribution in [1.82, 2.24) is 0 Å². The summed E-state index contributed by atoms with van der Waals surface area (Å²) in [4.78, 5) is 12.2. The molecule has 0 amide bonds. The topological polar surface area (TPSA) is 54.0 Å². The second-order valence-corrected chi connectivity index (χ2v) is 15.7. The molecular weight excluding hydrogens is 456 g/mol. The largest absolute Gasteiger partial charge is 0.497 e. The fourth-order valence-corrected chi connectivity index (χ4v) is 5.05. The van der Waals surface area contributed by atoms with Gasteiger partial charge in [-0.2, -0.15) is 0 Å². The van der Waals surface area contributed by atoms with Crippen molar-refractivity contribution in [2.45, 2.75) is 78.2 Å². The Morgan fingerprint density at radius 1 is 0.914 bits per heavy atom. The quantitative estimate of drug-likeness (QED) is 0.214. The zero-order valence-corrected chi connectivity index (χ0v) is 23.7. The SMILES string of the molecule is COc1ccc(CO[C@H]([C@@H](C)[C@@H](C=O)O[Si](C)(C)C(C)(C)C)[C@@H](C)COCc2ccccc2)cc1. The van der Waals surface area contributed by atoms with E-state index in [4.69, 9.17) is 18.6 Å². The molecule has 0 spiro atoms. The summed E-state index contributed by atoms with van der Waals surface area (Å²) in [7, 11) is -0.476. The summed E-state index contributed by atoms with van der Waals surface area (Å²) in [5.41, 5.74) is 2.18. The average Bonchev–Trinajstić information content (AvgIpc) is 2.83. The zero-order chi connectivity index (χ0) is 26.1. The Morgan fingerprint density at radius 3 is 2.06 bits per heavy atom. The van der Waals surface area contributed by atoms with Gasteiger partial charge in [-0.25, -0.2) is 0 Å². The van der Waals surface area contributed by atoms with Crippen LogP contribution in [0.1, 0.15) is 45.7 Å². The molecule has 5 nitrogen and oxygen atoms in total. The van der Waals surface area contributed by atoms with E-state index in [0.29, 0.717) is 19.8 Å². The highest BCUT2D eigenvalue weighted by atomic mass is 28.4. The van der Waals surface area contributed by atoms with Crippen LogP contribution >= 0.6 is 0 Å². The number of rotatable bonds is 14. The van der Waals surface area contributed by atoms with Crippen molar-refractivity contribution in [3.8, 4) is 5.75 Å². The molecule has 0 saturated heterocycles. The predicted molar refractivity (Wildman–Crippen MR) is 144 cm³/mol. The van der Waals surface area contributed by atoms with Gasteiger partial charge in [0.2, 0.25) is 0 Å². The molecule has 4 atom stereocenters. The maximum absolute atomic E-state index is 12.2. The molecule has 0 aliphatic heterocycles. The van der Waals surface area contributed by atoms with Crippen LogP contribution in [0, 0.1) is 11.8 Å². The highest BCUT2D eigenvalue weighted by Gasteiger charge is 2.42. The van der Waals surface area contributed by atoms with Gasteiger partial charge in [0.25, 0.3) is 0 Å². The standard InChI is InChI=1S/C29H44O5Si/c1-22(19-32-20-24-12-10-9-11-13-24)28(33-21-25-14-16-26(31-6)17-15-25)23(2)27(18-30)34-35(7,8)29(3,4)5/h9-18,22-23,27-28H,19-21H2,1-8H3/t22-,23-,27+,28-/m0/s1. The Kier molecular flexibility index (Phi) is 11.2. The van der Waals surface area contributed by atoms with Gasteiger partial charge in [-0.1, -0.05) is 77.1 Å². The first-order chi connectivity index (χ1) is 16.5. The molecule has 35 heavy (non-hydrogen) atoms. The van der Waals surface area contributed by atoms with Gasteiger partial charge in [0, 0.05) is 11.8 Å². The van der Waals surface area contributed by atoms with Crippen molar-refractivity contribution >= 4 is 14.6 Å². The molecular formula is C29H44O5Si. The van der Waals surface area contributed by atoms with Crippen LogP contribution in [0.4, 0.5) is 0 Å². The van der Waals surface area contributed by atoms with Crippen LogP contribution < -0.4 is 4.74 Å². The highest BCUT2D eigenvalue weighted by molar-refractivity contribution is 6.74. The Bertz CT molecular complexity index is 876. The van der Waals surface area contributed by atoms with E-state index in [0.717, 1.165) is 23.2 Å². The minimum absolute atomic E-state index is 0.0117. The van der Waals surface area contributed by atoms with Gasteiger partial charge in [0.05, 0.1) is 33.0 Å². The van der Waals surface area contributed by atoms with Gasteiger partial charge in [-0.15, -0.1) is 0 Å². The number of hydrogen-bond acceptors (Lipinski definition) is 5. The first-order valence-corrected chi connectivity index (χ1v) is 15.4. The van der Waals surface area contributed by atoms with Crippen LogP contribution in [0.25, 0.3) is 0 Å². The lowest BCUT2D eigenvalue weighted by molar-refractivity contribution is -0.124. The number of aldehydes is 1. The molecule has 194 valence electrons. The first-order valence-electron chi connectivity index (χ1n) is 12.5. The molecule has 0 radical (unpaired) electrons. The summed E-state index contributed by atoms with van der Waals surface area (Å²) in [6.07, 6.45) is 0.202. The van der Waals surface area contributed by atoms with Crippen LogP contribution in [0.5, 0.6) is 5.75 Å². The number of hydrogen-bond donors (Lipinski definition) is 0. The van der Waals surface area contributed by atoms with E-state index in [-0.39, 0.29) is 23.0 Å². The van der Waals surface area contributed by atoms with E-state index in [1.807, 2.05) is 42.5 Å². The third-order valence-electron chi connectivity index (χ3n) is 7.06. The summed E-state index contributed by atoms with van der Waals surface area (Å²) in [5.74, 6) is 0.748. The fraction of sp³-hybridized carbons (Fsp3) is 0.552. The summed E-state index contributed by atoms with van der Waals surface area (Å²) < 4.78 is 24.3. The van der Waals surface area contributed by atoms with E-state index in [9.17, 15) is 4.79 Å². The number of ether oxygens (including phenoxy) is 3. The second-order valence-electron chi connectivity index (χ2n) is 10.9. The van der Waals surface area contributed by atoms with Gasteiger partial charge in [-0.3, -0.25) is 0 Å². The van der Waals surface area contributed by atoms with Crippen molar-refractivity contribution in [2.24, 2.45) is 11.8 Å². The maximum atomic E-state index is 12.2. The van der Waals surface area contributed by atoms with Crippen LogP contribution in [0.15, 0.2) is 54.6 Å². The lowest BCUT2D eigenvalue weighted by atomic mass is 9.90. The monoisotopic (exact) mass is 500 g/mol. The van der Waals surface area contributed by atoms with Crippen molar-refractivity contribution in [3.63, 3.8) is 0 Å². The molecule has 0 aliphatic carbocycles. The van der Waals surface area contributed by atoms with Crippen molar-refractivity contribution in [1.29, 1.82) is 0 Å². The van der Waals surface area contributed by atoms with Gasteiger partial charge >= 0.3 is 0 Å². The van der Waals surface area contributed by atoms with E-state index >= 15 is 0 Å². The number of carbonyl (C=O) groups is 1. The van der Waals surface area contributed by atoms with E-state index in [2.05, 4.69) is 59.8 Å². The van der Waals surface area contributed by atoms with E-state index in [1.54, 1.807) is 7.11 Å². The molecule has 0 heterocycles. The fourth-order valence-electron chi connectivity index (χ4n) is 3.74. The second kappa shape index (κ2) is 13.4. The van der Waals surface area contributed by atoms with E-state index < -0.39 is 14.4 Å². The predicted octanol–water partition coefficient (Wildman–Crippen LogP) is 6.66. The lowest BCUT2D eigenvalue weighted by Crippen LogP contribution is -2.49. The van der Waals surface area contributed by atoms with Crippen LogP contribution in [0.3, 0.4) is 0 Å². The molecule has 0 N–H and O–H groups in total. The minimum Gasteiger partial charge on any atom is -0.497 e. The normalized spacial score (nSPS) is 15.8. The van der Waals surface area contributed by atoms with Crippen LogP contribution in [-0.2, 0) is 31.9 Å². The molecule has 2 aromatic rings. The van der Waals surface area contributed by atoms with Crippen LogP contribution in [0.2, 0.25) is 18.1 Å². The summed E-state index contributed by atoms with van der Waals surface area (Å²) in [6, 6.07) is 18.0.